The largest absolute Gasteiger partial charge is 0.349 e. The van der Waals surface area contributed by atoms with Gasteiger partial charge in [-0.15, -0.1) is 0 Å². The minimum absolute atomic E-state index is 0.0127. The smallest absolute Gasteiger partial charge is 0.224 e. The molecule has 1 N–H and O–H groups in total. The van der Waals surface area contributed by atoms with Crippen molar-refractivity contribution in [2.75, 3.05) is 0 Å². The fraction of sp³-hybridized carbons (Fsp3) is 0.238. The van der Waals surface area contributed by atoms with Gasteiger partial charge in [0.05, 0.1) is 18.0 Å². The van der Waals surface area contributed by atoms with Crippen molar-refractivity contribution < 1.29 is 4.79 Å². The molecule has 0 saturated heterocycles. The van der Waals surface area contributed by atoms with Gasteiger partial charge in [-0.25, -0.2) is 0 Å². The number of para-hydroxylation sites is 1. The van der Waals surface area contributed by atoms with Crippen LogP contribution in [0.25, 0.3) is 10.9 Å². The van der Waals surface area contributed by atoms with Crippen LogP contribution in [0.1, 0.15) is 35.3 Å². The number of hydrogen-bond donors (Lipinski definition) is 1. The summed E-state index contributed by atoms with van der Waals surface area (Å²) in [4.78, 5) is 17.2. The molecule has 2 aromatic carbocycles. The number of halogens is 1. The van der Waals surface area contributed by atoms with Crippen LogP contribution in [0, 0.1) is 13.8 Å². The third-order valence-electron chi connectivity index (χ3n) is 4.57. The summed E-state index contributed by atoms with van der Waals surface area (Å²) in [5.41, 5.74) is 5.13. The summed E-state index contributed by atoms with van der Waals surface area (Å²) in [6.07, 6.45) is 0.344. The summed E-state index contributed by atoms with van der Waals surface area (Å²) < 4.78 is 1.03. The van der Waals surface area contributed by atoms with E-state index >= 15 is 0 Å². The Balaban J connectivity index is 1.79. The molecule has 1 amide bonds. The summed E-state index contributed by atoms with van der Waals surface area (Å²) >= 11 is 3.43. The molecule has 0 bridgehead atoms. The highest BCUT2D eigenvalue weighted by Gasteiger charge is 2.15. The number of carbonyl (C=O) groups excluding carboxylic acids is 1. The van der Waals surface area contributed by atoms with E-state index in [4.69, 9.17) is 0 Å². The van der Waals surface area contributed by atoms with Gasteiger partial charge in [0.25, 0.3) is 0 Å². The van der Waals surface area contributed by atoms with Crippen molar-refractivity contribution >= 4 is 32.7 Å². The van der Waals surface area contributed by atoms with Crippen LogP contribution in [0.15, 0.2) is 53.0 Å². The zero-order valence-corrected chi connectivity index (χ0v) is 16.2. The van der Waals surface area contributed by atoms with Gasteiger partial charge < -0.3 is 5.32 Å². The molecule has 0 saturated carbocycles. The summed E-state index contributed by atoms with van der Waals surface area (Å²) in [7, 11) is 0. The highest BCUT2D eigenvalue weighted by Crippen LogP contribution is 2.23. The van der Waals surface area contributed by atoms with E-state index in [0.29, 0.717) is 6.42 Å². The first-order valence-corrected chi connectivity index (χ1v) is 9.14. The van der Waals surface area contributed by atoms with Crippen LogP contribution in [0.4, 0.5) is 0 Å². The van der Waals surface area contributed by atoms with Gasteiger partial charge in [0.2, 0.25) is 5.91 Å². The first kappa shape index (κ1) is 17.6. The first-order valence-electron chi connectivity index (χ1n) is 8.35. The molecule has 1 aromatic heterocycles. The first-order chi connectivity index (χ1) is 12.0. The number of rotatable bonds is 4. The minimum atomic E-state index is -0.0328. The Morgan fingerprint density at radius 1 is 1.12 bits per heavy atom. The van der Waals surface area contributed by atoms with Crippen LogP contribution >= 0.6 is 15.9 Å². The number of nitrogens with zero attached hydrogens (tertiary/aromatic N) is 1. The van der Waals surface area contributed by atoms with Gasteiger partial charge in [-0.05, 0) is 55.7 Å². The van der Waals surface area contributed by atoms with E-state index in [1.807, 2.05) is 56.3 Å². The van der Waals surface area contributed by atoms with Crippen LogP contribution < -0.4 is 5.32 Å². The number of pyridine rings is 1. The van der Waals surface area contributed by atoms with E-state index in [1.54, 1.807) is 0 Å². The Hall–Kier alpha value is -2.20. The number of amides is 1. The highest BCUT2D eigenvalue weighted by molar-refractivity contribution is 9.10. The predicted molar refractivity (Wildman–Crippen MR) is 106 cm³/mol. The molecular formula is C21H21BrN2O. The molecule has 4 heteroatoms. The second-order valence-electron chi connectivity index (χ2n) is 6.34. The monoisotopic (exact) mass is 396 g/mol. The number of aromatic nitrogens is 1. The number of fused-ring (bicyclic) bond motifs is 1. The average molecular weight is 397 g/mol. The third kappa shape index (κ3) is 3.90. The van der Waals surface area contributed by atoms with Crippen molar-refractivity contribution in [3.8, 4) is 0 Å². The number of carbonyl (C=O) groups is 1. The second-order valence-corrected chi connectivity index (χ2v) is 7.25. The molecule has 1 unspecified atom stereocenters. The van der Waals surface area contributed by atoms with Crippen molar-refractivity contribution in [1.82, 2.24) is 10.3 Å². The molecule has 0 aliphatic carbocycles. The van der Waals surface area contributed by atoms with E-state index in [1.165, 1.54) is 0 Å². The minimum Gasteiger partial charge on any atom is -0.349 e. The van der Waals surface area contributed by atoms with Crippen LogP contribution in [-0.4, -0.2) is 10.9 Å². The van der Waals surface area contributed by atoms with Crippen molar-refractivity contribution in [3.05, 3.63) is 75.4 Å². The van der Waals surface area contributed by atoms with Gasteiger partial charge in [-0.3, -0.25) is 9.78 Å². The van der Waals surface area contributed by atoms with Crippen molar-refractivity contribution in [2.45, 2.75) is 33.2 Å². The van der Waals surface area contributed by atoms with Gasteiger partial charge in [0.15, 0.2) is 0 Å². The fourth-order valence-electron chi connectivity index (χ4n) is 3.12. The Morgan fingerprint density at radius 3 is 2.52 bits per heavy atom. The SMILES string of the molecule is Cc1nc2ccccc2c(C)c1CC(=O)NC(C)c1ccc(Br)cc1. The van der Waals surface area contributed by atoms with Crippen LogP contribution in [0.3, 0.4) is 0 Å². The molecule has 3 nitrogen and oxygen atoms in total. The van der Waals surface area contributed by atoms with Crippen molar-refractivity contribution in [3.63, 3.8) is 0 Å². The van der Waals surface area contributed by atoms with E-state index < -0.39 is 0 Å². The van der Waals surface area contributed by atoms with E-state index in [-0.39, 0.29) is 11.9 Å². The normalized spacial score (nSPS) is 12.2. The molecule has 1 atom stereocenters. The van der Waals surface area contributed by atoms with Gasteiger partial charge in [0.1, 0.15) is 0 Å². The molecule has 0 radical (unpaired) electrons. The average Bonchev–Trinajstić information content (AvgIpc) is 2.59. The number of benzene rings is 2. The lowest BCUT2D eigenvalue weighted by Crippen LogP contribution is -2.28. The zero-order chi connectivity index (χ0) is 18.0. The quantitative estimate of drug-likeness (QED) is 0.671. The maximum absolute atomic E-state index is 12.6. The summed E-state index contributed by atoms with van der Waals surface area (Å²) in [5.74, 6) is 0.0127. The third-order valence-corrected chi connectivity index (χ3v) is 5.10. The van der Waals surface area contributed by atoms with E-state index in [2.05, 4.69) is 39.2 Å². The molecule has 0 fully saturated rings. The highest BCUT2D eigenvalue weighted by atomic mass is 79.9. The molecule has 0 aliphatic heterocycles. The molecule has 3 rings (SSSR count). The maximum atomic E-state index is 12.6. The molecule has 25 heavy (non-hydrogen) atoms. The fourth-order valence-corrected chi connectivity index (χ4v) is 3.38. The van der Waals surface area contributed by atoms with E-state index in [0.717, 1.165) is 37.8 Å². The summed E-state index contributed by atoms with van der Waals surface area (Å²) in [5, 5.41) is 4.19. The van der Waals surface area contributed by atoms with E-state index in [9.17, 15) is 4.79 Å². The number of aryl methyl sites for hydroxylation is 2. The Morgan fingerprint density at radius 2 is 1.80 bits per heavy atom. The van der Waals surface area contributed by atoms with Crippen molar-refractivity contribution in [1.29, 1.82) is 0 Å². The predicted octanol–water partition coefficient (Wildman–Crippen LogP) is 5.03. The summed E-state index contributed by atoms with van der Waals surface area (Å²) in [6.45, 7) is 6.04. The van der Waals surface area contributed by atoms with Gasteiger partial charge in [-0.1, -0.05) is 46.3 Å². The van der Waals surface area contributed by atoms with Crippen molar-refractivity contribution in [2.24, 2.45) is 0 Å². The molecule has 1 heterocycles. The molecule has 0 spiro atoms. The molecule has 3 aromatic rings. The van der Waals surface area contributed by atoms with Gasteiger partial charge >= 0.3 is 0 Å². The Kier molecular flexibility index (Phi) is 5.19. The van der Waals surface area contributed by atoms with Gasteiger partial charge in [-0.2, -0.15) is 0 Å². The standard InChI is InChI=1S/C21H21BrN2O/c1-13-18-6-4-5-7-20(18)23-15(3)19(13)12-21(25)24-14(2)16-8-10-17(22)11-9-16/h4-11,14H,12H2,1-3H3,(H,24,25). The lowest BCUT2D eigenvalue weighted by Gasteiger charge is -2.16. The maximum Gasteiger partial charge on any atom is 0.224 e. The van der Waals surface area contributed by atoms with Crippen LogP contribution in [0.5, 0.6) is 0 Å². The van der Waals surface area contributed by atoms with Crippen LogP contribution in [-0.2, 0) is 11.2 Å². The number of hydrogen-bond acceptors (Lipinski definition) is 2. The van der Waals surface area contributed by atoms with Crippen LogP contribution in [0.2, 0.25) is 0 Å². The zero-order valence-electron chi connectivity index (χ0n) is 14.6. The van der Waals surface area contributed by atoms with Gasteiger partial charge in [0, 0.05) is 15.6 Å². The lowest BCUT2D eigenvalue weighted by molar-refractivity contribution is -0.121. The molecular weight excluding hydrogens is 376 g/mol. The molecule has 128 valence electrons. The Labute approximate surface area is 156 Å². The summed E-state index contributed by atoms with van der Waals surface area (Å²) in [6, 6.07) is 16.0. The second kappa shape index (κ2) is 7.36. The number of nitrogens with one attached hydrogen (secondary N) is 1. The molecule has 0 aliphatic rings. The lowest BCUT2D eigenvalue weighted by atomic mass is 9.99. The Bertz CT molecular complexity index is 919. The topological polar surface area (TPSA) is 42.0 Å².